The van der Waals surface area contributed by atoms with Crippen LogP contribution < -0.4 is 5.32 Å². The van der Waals surface area contributed by atoms with E-state index in [0.717, 1.165) is 6.42 Å². The van der Waals surface area contributed by atoms with Crippen molar-refractivity contribution in [1.82, 2.24) is 5.32 Å². The molecule has 0 rings (SSSR count). The van der Waals surface area contributed by atoms with E-state index in [0.29, 0.717) is 13.0 Å². The molecule has 0 aliphatic heterocycles. The van der Waals surface area contributed by atoms with Gasteiger partial charge in [0.1, 0.15) is 6.04 Å². The Kier molecular flexibility index (Phi) is 6.54. The summed E-state index contributed by atoms with van der Waals surface area (Å²) in [5.74, 6) is -0.787. The number of rotatable bonds is 7. The van der Waals surface area contributed by atoms with Crippen LogP contribution in [0.3, 0.4) is 0 Å². The SMILES string of the molecule is COCCCC(NC(C)C)C(=O)O. The lowest BCUT2D eigenvalue weighted by Gasteiger charge is -2.16. The molecule has 0 amide bonds. The molecule has 0 aliphatic carbocycles. The first-order chi connectivity index (χ1) is 6.07. The molecule has 0 saturated carbocycles. The number of aliphatic carboxylic acids is 1. The second-order valence-corrected chi connectivity index (χ2v) is 3.35. The van der Waals surface area contributed by atoms with Crippen molar-refractivity contribution in [3.05, 3.63) is 0 Å². The summed E-state index contributed by atoms with van der Waals surface area (Å²) in [6.07, 6.45) is 1.38. The lowest BCUT2D eigenvalue weighted by Crippen LogP contribution is -2.40. The summed E-state index contributed by atoms with van der Waals surface area (Å²) >= 11 is 0. The van der Waals surface area contributed by atoms with Crippen LogP contribution in [0.5, 0.6) is 0 Å². The summed E-state index contributed by atoms with van der Waals surface area (Å²) in [7, 11) is 1.62. The first-order valence-electron chi connectivity index (χ1n) is 4.55. The largest absolute Gasteiger partial charge is 0.480 e. The molecule has 0 heterocycles. The summed E-state index contributed by atoms with van der Waals surface area (Å²) < 4.78 is 4.86. The number of hydrogen-bond donors (Lipinski definition) is 2. The van der Waals surface area contributed by atoms with E-state index in [-0.39, 0.29) is 6.04 Å². The number of carbonyl (C=O) groups is 1. The van der Waals surface area contributed by atoms with Gasteiger partial charge in [-0.15, -0.1) is 0 Å². The standard InChI is InChI=1S/C9H19NO3/c1-7(2)10-8(9(11)12)5-4-6-13-3/h7-8,10H,4-6H2,1-3H3,(H,11,12). The van der Waals surface area contributed by atoms with E-state index in [1.54, 1.807) is 7.11 Å². The first kappa shape index (κ1) is 12.4. The van der Waals surface area contributed by atoms with Gasteiger partial charge in [-0.25, -0.2) is 0 Å². The van der Waals surface area contributed by atoms with Gasteiger partial charge in [0.2, 0.25) is 0 Å². The molecule has 13 heavy (non-hydrogen) atoms. The minimum absolute atomic E-state index is 0.198. The van der Waals surface area contributed by atoms with Gasteiger partial charge in [-0.05, 0) is 12.8 Å². The monoisotopic (exact) mass is 189 g/mol. The zero-order chi connectivity index (χ0) is 10.3. The number of carboxylic acid groups (broad SMARTS) is 1. The molecular weight excluding hydrogens is 170 g/mol. The lowest BCUT2D eigenvalue weighted by atomic mass is 10.1. The van der Waals surface area contributed by atoms with Gasteiger partial charge in [0.15, 0.2) is 0 Å². The Balaban J connectivity index is 3.74. The summed E-state index contributed by atoms with van der Waals surface area (Å²) in [4.78, 5) is 10.7. The van der Waals surface area contributed by atoms with E-state index in [9.17, 15) is 4.79 Å². The van der Waals surface area contributed by atoms with Gasteiger partial charge in [0, 0.05) is 19.8 Å². The minimum atomic E-state index is -0.787. The molecular formula is C9H19NO3. The highest BCUT2D eigenvalue weighted by Crippen LogP contribution is 1.99. The van der Waals surface area contributed by atoms with Crippen molar-refractivity contribution in [3.63, 3.8) is 0 Å². The summed E-state index contributed by atoms with van der Waals surface area (Å²) in [6, 6.07) is -0.251. The maximum absolute atomic E-state index is 10.7. The van der Waals surface area contributed by atoms with Crippen molar-refractivity contribution in [2.24, 2.45) is 0 Å². The molecule has 78 valence electrons. The predicted octanol–water partition coefficient (Wildman–Crippen LogP) is 0.864. The molecule has 4 nitrogen and oxygen atoms in total. The van der Waals surface area contributed by atoms with Crippen LogP contribution in [0.15, 0.2) is 0 Å². The fraction of sp³-hybridized carbons (Fsp3) is 0.889. The minimum Gasteiger partial charge on any atom is -0.480 e. The highest BCUT2D eigenvalue weighted by molar-refractivity contribution is 5.73. The molecule has 4 heteroatoms. The van der Waals surface area contributed by atoms with Crippen molar-refractivity contribution in [1.29, 1.82) is 0 Å². The van der Waals surface area contributed by atoms with Crippen LogP contribution in [0.1, 0.15) is 26.7 Å². The van der Waals surface area contributed by atoms with Gasteiger partial charge in [0.05, 0.1) is 0 Å². The second kappa shape index (κ2) is 6.86. The fourth-order valence-corrected chi connectivity index (χ4v) is 1.11. The Morgan fingerprint density at radius 2 is 2.15 bits per heavy atom. The molecule has 0 aliphatic rings. The van der Waals surface area contributed by atoms with Gasteiger partial charge in [-0.3, -0.25) is 4.79 Å². The molecule has 0 saturated heterocycles. The average molecular weight is 189 g/mol. The molecule has 1 atom stereocenters. The molecule has 0 spiro atoms. The highest BCUT2D eigenvalue weighted by atomic mass is 16.5. The summed E-state index contributed by atoms with van der Waals surface area (Å²) in [5.41, 5.74) is 0. The molecule has 2 N–H and O–H groups in total. The Labute approximate surface area is 79.3 Å². The van der Waals surface area contributed by atoms with Gasteiger partial charge >= 0.3 is 5.97 Å². The van der Waals surface area contributed by atoms with Gasteiger partial charge in [0.25, 0.3) is 0 Å². The molecule has 0 fully saturated rings. The molecule has 1 unspecified atom stereocenters. The molecule has 0 bridgehead atoms. The van der Waals surface area contributed by atoms with Gasteiger partial charge in [-0.1, -0.05) is 13.8 Å². The van der Waals surface area contributed by atoms with E-state index in [1.165, 1.54) is 0 Å². The van der Waals surface area contributed by atoms with E-state index in [4.69, 9.17) is 9.84 Å². The number of hydrogen-bond acceptors (Lipinski definition) is 3. The highest BCUT2D eigenvalue weighted by Gasteiger charge is 2.16. The number of carboxylic acids is 1. The third kappa shape index (κ3) is 6.54. The fourth-order valence-electron chi connectivity index (χ4n) is 1.11. The van der Waals surface area contributed by atoms with E-state index in [2.05, 4.69) is 5.32 Å². The summed E-state index contributed by atoms with van der Waals surface area (Å²) in [5, 5.41) is 11.8. The normalized spacial score (nSPS) is 13.2. The molecule has 0 radical (unpaired) electrons. The number of nitrogens with one attached hydrogen (secondary N) is 1. The quantitative estimate of drug-likeness (QED) is 0.583. The van der Waals surface area contributed by atoms with E-state index < -0.39 is 12.0 Å². The Hall–Kier alpha value is -0.610. The summed E-state index contributed by atoms with van der Waals surface area (Å²) in [6.45, 7) is 4.49. The lowest BCUT2D eigenvalue weighted by molar-refractivity contribution is -0.139. The van der Waals surface area contributed by atoms with Gasteiger partial charge < -0.3 is 15.2 Å². The van der Waals surface area contributed by atoms with Crippen molar-refractivity contribution in [2.45, 2.75) is 38.8 Å². The number of methoxy groups -OCH3 is 1. The zero-order valence-electron chi connectivity index (χ0n) is 8.54. The average Bonchev–Trinajstić information content (AvgIpc) is 2.02. The van der Waals surface area contributed by atoms with E-state index in [1.807, 2.05) is 13.8 Å². The Morgan fingerprint density at radius 3 is 2.54 bits per heavy atom. The van der Waals surface area contributed by atoms with Crippen molar-refractivity contribution in [2.75, 3.05) is 13.7 Å². The van der Waals surface area contributed by atoms with Crippen LogP contribution in [-0.4, -0.2) is 36.9 Å². The van der Waals surface area contributed by atoms with Crippen molar-refractivity contribution >= 4 is 5.97 Å². The third-order valence-electron chi connectivity index (χ3n) is 1.67. The van der Waals surface area contributed by atoms with Crippen molar-refractivity contribution in [3.8, 4) is 0 Å². The van der Waals surface area contributed by atoms with Gasteiger partial charge in [-0.2, -0.15) is 0 Å². The Bertz CT molecular complexity index is 148. The van der Waals surface area contributed by atoms with E-state index >= 15 is 0 Å². The molecule has 0 aromatic rings. The topological polar surface area (TPSA) is 58.6 Å². The molecule has 0 aromatic heterocycles. The zero-order valence-corrected chi connectivity index (χ0v) is 8.54. The van der Waals surface area contributed by atoms with Crippen molar-refractivity contribution < 1.29 is 14.6 Å². The predicted molar refractivity (Wildman–Crippen MR) is 50.8 cm³/mol. The first-order valence-corrected chi connectivity index (χ1v) is 4.55. The second-order valence-electron chi connectivity index (χ2n) is 3.35. The van der Waals surface area contributed by atoms with Crippen LogP contribution in [0.4, 0.5) is 0 Å². The van der Waals surface area contributed by atoms with Crippen LogP contribution >= 0.6 is 0 Å². The van der Waals surface area contributed by atoms with Crippen LogP contribution in [0, 0.1) is 0 Å². The Morgan fingerprint density at radius 1 is 1.54 bits per heavy atom. The maximum Gasteiger partial charge on any atom is 0.320 e. The van der Waals surface area contributed by atoms with Crippen LogP contribution in [0.25, 0.3) is 0 Å². The smallest absolute Gasteiger partial charge is 0.320 e. The molecule has 0 aromatic carbocycles. The van der Waals surface area contributed by atoms with Crippen LogP contribution in [-0.2, 0) is 9.53 Å². The number of ether oxygens (including phenoxy) is 1. The van der Waals surface area contributed by atoms with Crippen LogP contribution in [0.2, 0.25) is 0 Å². The third-order valence-corrected chi connectivity index (χ3v) is 1.67. The maximum atomic E-state index is 10.7.